The number of nitrogens with one attached hydrogen (secondary N) is 1. The zero-order valence-electron chi connectivity index (χ0n) is 11.8. The van der Waals surface area contributed by atoms with Crippen LogP contribution in [0.15, 0.2) is 0 Å². The van der Waals surface area contributed by atoms with Crippen molar-refractivity contribution < 1.29 is 27.2 Å². The zero-order valence-corrected chi connectivity index (χ0v) is 11.8. The molecule has 21 heavy (non-hydrogen) atoms. The molecule has 2 fully saturated rings. The van der Waals surface area contributed by atoms with Crippen LogP contribution in [0.3, 0.4) is 0 Å². The van der Waals surface area contributed by atoms with Gasteiger partial charge in [0.25, 0.3) is 0 Å². The highest BCUT2D eigenvalue weighted by Crippen LogP contribution is 2.43. The van der Waals surface area contributed by atoms with Crippen molar-refractivity contribution in [1.29, 1.82) is 0 Å². The lowest BCUT2D eigenvalue weighted by molar-refractivity contribution is -0.174. The third-order valence-electron chi connectivity index (χ3n) is 4.25. The molecule has 0 aromatic heterocycles. The summed E-state index contributed by atoms with van der Waals surface area (Å²) < 4.78 is 51.5. The number of rotatable bonds is 5. The van der Waals surface area contributed by atoms with Gasteiger partial charge >= 0.3 is 12.3 Å². The van der Waals surface area contributed by atoms with Crippen molar-refractivity contribution in [2.45, 2.75) is 57.0 Å². The maximum Gasteiger partial charge on any atom is 0.324 e. The summed E-state index contributed by atoms with van der Waals surface area (Å²) in [5, 5.41) is 2.59. The van der Waals surface area contributed by atoms with Crippen molar-refractivity contribution in [3.63, 3.8) is 0 Å². The first kappa shape index (κ1) is 16.0. The number of halogens is 4. The molecule has 4 nitrogen and oxygen atoms in total. The minimum atomic E-state index is -4.33. The molecule has 2 aliphatic rings. The Hall–Kier alpha value is -1.34. The van der Waals surface area contributed by atoms with Crippen LogP contribution in [0.1, 0.15) is 33.1 Å². The van der Waals surface area contributed by atoms with Crippen molar-refractivity contribution in [3.8, 4) is 0 Å². The van der Waals surface area contributed by atoms with Crippen LogP contribution in [0.2, 0.25) is 0 Å². The zero-order chi connectivity index (χ0) is 16.0. The number of amides is 2. The Morgan fingerprint density at radius 2 is 1.95 bits per heavy atom. The molecule has 1 aliphatic carbocycles. The van der Waals surface area contributed by atoms with E-state index in [1.807, 2.05) is 0 Å². The van der Waals surface area contributed by atoms with Crippen LogP contribution in [0.4, 0.5) is 17.6 Å². The first-order chi connectivity index (χ1) is 9.63. The second-order valence-corrected chi connectivity index (χ2v) is 5.88. The average Bonchev–Trinajstić information content (AvgIpc) is 3.20. The lowest BCUT2D eigenvalue weighted by Gasteiger charge is -2.45. The molecule has 1 saturated heterocycles. The van der Waals surface area contributed by atoms with Crippen LogP contribution in [0, 0.1) is 5.92 Å². The van der Waals surface area contributed by atoms with Crippen LogP contribution in [-0.4, -0.2) is 47.2 Å². The minimum Gasteiger partial charge on any atom is -0.340 e. The molecule has 2 amide bonds. The molecule has 0 aromatic rings. The molecule has 1 aliphatic heterocycles. The van der Waals surface area contributed by atoms with Gasteiger partial charge in [-0.2, -0.15) is 8.78 Å². The van der Waals surface area contributed by atoms with Gasteiger partial charge in [-0.3, -0.25) is 9.59 Å². The lowest BCUT2D eigenvalue weighted by Crippen LogP contribution is -2.71. The second-order valence-electron chi connectivity index (χ2n) is 5.88. The summed E-state index contributed by atoms with van der Waals surface area (Å²) >= 11 is 0. The van der Waals surface area contributed by atoms with Gasteiger partial charge in [-0.05, 0) is 32.1 Å². The first-order valence-electron chi connectivity index (χ1n) is 6.92. The van der Waals surface area contributed by atoms with Crippen LogP contribution in [-0.2, 0) is 9.59 Å². The Bertz CT molecular complexity index is 453. The molecule has 120 valence electrons. The quantitative estimate of drug-likeness (QED) is 0.787. The van der Waals surface area contributed by atoms with E-state index >= 15 is 0 Å². The maximum atomic E-state index is 13.3. The van der Waals surface area contributed by atoms with E-state index in [0.29, 0.717) is 17.7 Å². The minimum absolute atomic E-state index is 0.0949. The van der Waals surface area contributed by atoms with Gasteiger partial charge in [-0.1, -0.05) is 6.92 Å². The number of piperazine rings is 1. The highest BCUT2D eigenvalue weighted by atomic mass is 19.3. The van der Waals surface area contributed by atoms with Crippen molar-refractivity contribution >= 4 is 11.8 Å². The largest absolute Gasteiger partial charge is 0.340 e. The average molecular weight is 310 g/mol. The molecule has 1 saturated carbocycles. The molecule has 0 radical (unpaired) electrons. The molecular weight excluding hydrogens is 292 g/mol. The molecule has 0 aromatic carbocycles. The molecule has 8 heteroatoms. The summed E-state index contributed by atoms with van der Waals surface area (Å²) in [6, 6.07) is -1.13. The van der Waals surface area contributed by atoms with E-state index < -0.39 is 42.3 Å². The third-order valence-corrected chi connectivity index (χ3v) is 4.25. The topological polar surface area (TPSA) is 49.4 Å². The van der Waals surface area contributed by atoms with Gasteiger partial charge < -0.3 is 10.2 Å². The molecule has 2 unspecified atom stereocenters. The Balaban J connectivity index is 2.29. The Morgan fingerprint density at radius 3 is 2.38 bits per heavy atom. The Kier molecular flexibility index (Phi) is 3.92. The number of hydrogen-bond donors (Lipinski definition) is 1. The van der Waals surface area contributed by atoms with E-state index in [-0.39, 0.29) is 12.3 Å². The summed E-state index contributed by atoms with van der Waals surface area (Å²) in [6.45, 7) is 1.59. The fourth-order valence-electron chi connectivity index (χ4n) is 2.80. The molecule has 2 rings (SSSR count). The summed E-state index contributed by atoms with van der Waals surface area (Å²) in [6.07, 6.45) is -2.37. The molecule has 1 N–H and O–H groups in total. The molecule has 2 atom stereocenters. The highest BCUT2D eigenvalue weighted by Gasteiger charge is 2.57. The lowest BCUT2D eigenvalue weighted by atomic mass is 9.88. The smallest absolute Gasteiger partial charge is 0.324 e. The number of nitrogens with zero attached hydrogens (tertiary/aromatic N) is 1. The van der Waals surface area contributed by atoms with Crippen molar-refractivity contribution in [1.82, 2.24) is 10.2 Å². The number of hydrogen-bond acceptors (Lipinski definition) is 2. The van der Waals surface area contributed by atoms with E-state index in [1.165, 1.54) is 6.92 Å². The number of carbonyl (C=O) groups excluding carboxylic acids is 2. The number of alkyl halides is 4. The van der Waals surface area contributed by atoms with Crippen LogP contribution < -0.4 is 5.32 Å². The Labute approximate surface area is 119 Å². The first-order valence-corrected chi connectivity index (χ1v) is 6.92. The fourth-order valence-corrected chi connectivity index (χ4v) is 2.80. The predicted molar refractivity (Wildman–Crippen MR) is 66.0 cm³/mol. The Morgan fingerprint density at radius 1 is 1.38 bits per heavy atom. The molecule has 0 bridgehead atoms. The van der Waals surface area contributed by atoms with Gasteiger partial charge in [0.1, 0.15) is 11.6 Å². The van der Waals surface area contributed by atoms with Crippen LogP contribution in [0.25, 0.3) is 0 Å². The van der Waals surface area contributed by atoms with Crippen LogP contribution >= 0.6 is 0 Å². The summed E-state index contributed by atoms with van der Waals surface area (Å²) in [5.41, 5.74) is -1.26. The fraction of sp³-hybridized carbons (Fsp3) is 0.846. The van der Waals surface area contributed by atoms with Gasteiger partial charge in [0, 0.05) is 0 Å². The highest BCUT2D eigenvalue weighted by molar-refractivity contribution is 6.00. The van der Waals surface area contributed by atoms with E-state index in [1.54, 1.807) is 6.92 Å². The summed E-state index contributed by atoms with van der Waals surface area (Å²) in [5.74, 6) is -5.70. The normalized spacial score (nSPS) is 30.8. The third kappa shape index (κ3) is 2.72. The van der Waals surface area contributed by atoms with Crippen molar-refractivity contribution in [2.75, 3.05) is 6.54 Å². The van der Waals surface area contributed by atoms with E-state index in [9.17, 15) is 27.2 Å². The van der Waals surface area contributed by atoms with Gasteiger partial charge in [0.2, 0.25) is 11.8 Å². The van der Waals surface area contributed by atoms with E-state index in [4.69, 9.17) is 0 Å². The van der Waals surface area contributed by atoms with Gasteiger partial charge in [0.15, 0.2) is 0 Å². The summed E-state index contributed by atoms with van der Waals surface area (Å²) in [7, 11) is 0. The van der Waals surface area contributed by atoms with Gasteiger partial charge in [0.05, 0.1) is 6.54 Å². The second kappa shape index (κ2) is 5.14. The van der Waals surface area contributed by atoms with Gasteiger partial charge in [-0.15, -0.1) is 0 Å². The summed E-state index contributed by atoms with van der Waals surface area (Å²) in [4.78, 5) is 25.2. The van der Waals surface area contributed by atoms with E-state index in [2.05, 4.69) is 5.32 Å². The van der Waals surface area contributed by atoms with Gasteiger partial charge in [-0.25, -0.2) is 8.78 Å². The van der Waals surface area contributed by atoms with E-state index in [0.717, 1.165) is 0 Å². The molecular formula is C13H18F4N2O2. The molecule has 1 heterocycles. The van der Waals surface area contributed by atoms with Crippen molar-refractivity contribution in [2.24, 2.45) is 5.92 Å². The predicted octanol–water partition coefficient (Wildman–Crippen LogP) is 1.79. The SMILES string of the molecule is CCC1C(=O)NC(C)(C2CC2)C(=O)N1CC(F)(F)C(F)F. The monoisotopic (exact) mass is 310 g/mol. The molecule has 0 spiro atoms. The van der Waals surface area contributed by atoms with Crippen molar-refractivity contribution in [3.05, 3.63) is 0 Å². The van der Waals surface area contributed by atoms with Crippen LogP contribution in [0.5, 0.6) is 0 Å². The maximum absolute atomic E-state index is 13.3. The standard InChI is InChI=1S/C13H18F4N2O2/c1-3-8-9(20)18-12(2,7-4-5-7)11(21)19(8)6-13(16,17)10(14)15/h7-8,10H,3-6H2,1-2H3,(H,18,20). The number of carbonyl (C=O) groups is 2.